The minimum atomic E-state index is 0.750. The first kappa shape index (κ1) is 12.9. The van der Waals surface area contributed by atoms with Crippen molar-refractivity contribution in [3.05, 3.63) is 0 Å². The van der Waals surface area contributed by atoms with Crippen molar-refractivity contribution in [3.8, 4) is 0 Å². The van der Waals surface area contributed by atoms with Gasteiger partial charge in [-0.3, -0.25) is 4.90 Å². The van der Waals surface area contributed by atoms with E-state index in [0.717, 1.165) is 11.5 Å². The third kappa shape index (κ3) is 2.45. The molecule has 0 radical (unpaired) electrons. The summed E-state index contributed by atoms with van der Waals surface area (Å²) in [6, 6.07) is 0.923. The number of piperazine rings is 1. The molecule has 3 nitrogen and oxygen atoms in total. The van der Waals surface area contributed by atoms with Crippen LogP contribution in [0.3, 0.4) is 0 Å². The molecule has 3 aliphatic rings. The van der Waals surface area contributed by atoms with Crippen molar-refractivity contribution in [2.75, 3.05) is 52.9 Å². The van der Waals surface area contributed by atoms with E-state index < -0.39 is 0 Å². The molecule has 3 fully saturated rings. The maximum absolute atomic E-state index is 2.76. The summed E-state index contributed by atoms with van der Waals surface area (Å²) >= 11 is 0. The minimum absolute atomic E-state index is 0.750. The summed E-state index contributed by atoms with van der Waals surface area (Å²) in [6.07, 6.45) is 5.92. The van der Waals surface area contributed by atoms with Gasteiger partial charge in [-0.25, -0.2) is 0 Å². The Balaban J connectivity index is 1.45. The maximum atomic E-state index is 2.76. The average molecular weight is 251 g/mol. The molecule has 3 rings (SSSR count). The van der Waals surface area contributed by atoms with Crippen LogP contribution in [0.25, 0.3) is 0 Å². The van der Waals surface area contributed by atoms with Crippen LogP contribution in [0.2, 0.25) is 0 Å². The van der Waals surface area contributed by atoms with Gasteiger partial charge in [0, 0.05) is 32.2 Å². The molecule has 0 aromatic heterocycles. The van der Waals surface area contributed by atoms with Gasteiger partial charge in [0.2, 0.25) is 0 Å². The molecule has 0 atom stereocenters. The quantitative estimate of drug-likeness (QED) is 0.736. The average Bonchev–Trinajstić information content (AvgIpc) is 2.37. The fourth-order valence-corrected chi connectivity index (χ4v) is 4.14. The summed E-state index contributed by atoms with van der Waals surface area (Å²) < 4.78 is 0. The first-order valence-corrected chi connectivity index (χ1v) is 7.86. The van der Waals surface area contributed by atoms with E-state index in [4.69, 9.17) is 0 Å². The van der Waals surface area contributed by atoms with Gasteiger partial charge in [-0.2, -0.15) is 0 Å². The molecule has 0 bridgehead atoms. The molecule has 0 unspecified atom stereocenters. The summed E-state index contributed by atoms with van der Waals surface area (Å²) in [7, 11) is 2.25. The van der Waals surface area contributed by atoms with Crippen molar-refractivity contribution in [3.63, 3.8) is 0 Å². The van der Waals surface area contributed by atoms with E-state index in [-0.39, 0.29) is 0 Å². The molecule has 2 saturated heterocycles. The summed E-state index contributed by atoms with van der Waals surface area (Å²) in [4.78, 5) is 7.84. The molecule has 1 spiro atoms. The minimum Gasteiger partial charge on any atom is -0.304 e. The molecule has 0 aromatic rings. The number of likely N-dealkylation sites (N-methyl/N-ethyl adjacent to an activating group) is 1. The molecular weight excluding hydrogens is 222 g/mol. The molecular formula is C15H29N3. The van der Waals surface area contributed by atoms with Crippen molar-refractivity contribution in [2.24, 2.45) is 5.41 Å². The zero-order valence-electron chi connectivity index (χ0n) is 12.2. The Bertz CT molecular complexity index is 267. The largest absolute Gasteiger partial charge is 0.304 e. The SMILES string of the molecule is CCN1CCC2(CC1)CC(N1CCN(C)CC1)C2. The maximum Gasteiger partial charge on any atom is 0.0113 e. The van der Waals surface area contributed by atoms with Crippen LogP contribution in [0.4, 0.5) is 0 Å². The topological polar surface area (TPSA) is 9.72 Å². The van der Waals surface area contributed by atoms with Crippen LogP contribution in [0, 0.1) is 5.41 Å². The highest BCUT2D eigenvalue weighted by atomic mass is 15.3. The number of nitrogens with zero attached hydrogens (tertiary/aromatic N) is 3. The van der Waals surface area contributed by atoms with Gasteiger partial charge in [-0.05, 0) is 57.8 Å². The van der Waals surface area contributed by atoms with Gasteiger partial charge < -0.3 is 9.80 Å². The van der Waals surface area contributed by atoms with Gasteiger partial charge in [-0.1, -0.05) is 6.92 Å². The lowest BCUT2D eigenvalue weighted by Gasteiger charge is -2.56. The number of piperidine rings is 1. The second-order valence-corrected chi connectivity index (χ2v) is 6.84. The van der Waals surface area contributed by atoms with Gasteiger partial charge in [-0.15, -0.1) is 0 Å². The van der Waals surface area contributed by atoms with E-state index in [9.17, 15) is 0 Å². The van der Waals surface area contributed by atoms with Gasteiger partial charge >= 0.3 is 0 Å². The molecule has 0 aromatic carbocycles. The first-order chi connectivity index (χ1) is 8.71. The highest BCUT2D eigenvalue weighted by Crippen LogP contribution is 2.50. The van der Waals surface area contributed by atoms with Crippen LogP contribution in [0.15, 0.2) is 0 Å². The first-order valence-electron chi connectivity index (χ1n) is 7.86. The zero-order valence-corrected chi connectivity index (χ0v) is 12.2. The zero-order chi connectivity index (χ0) is 12.6. The Kier molecular flexibility index (Phi) is 3.65. The Morgan fingerprint density at radius 1 is 0.944 bits per heavy atom. The number of likely N-dealkylation sites (tertiary alicyclic amines) is 1. The van der Waals surface area contributed by atoms with Crippen LogP contribution in [0.5, 0.6) is 0 Å². The van der Waals surface area contributed by atoms with Crippen LogP contribution >= 0.6 is 0 Å². The molecule has 3 heteroatoms. The Morgan fingerprint density at radius 3 is 2.11 bits per heavy atom. The fraction of sp³-hybridized carbons (Fsp3) is 1.00. The number of rotatable bonds is 2. The van der Waals surface area contributed by atoms with E-state index >= 15 is 0 Å². The standard InChI is InChI=1S/C15H29N3/c1-3-17-6-4-15(5-7-17)12-14(13-15)18-10-8-16(2)9-11-18/h14H,3-13H2,1-2H3. The number of hydrogen-bond acceptors (Lipinski definition) is 3. The lowest BCUT2D eigenvalue weighted by atomic mass is 9.60. The molecule has 0 N–H and O–H groups in total. The van der Waals surface area contributed by atoms with Gasteiger partial charge in [0.1, 0.15) is 0 Å². The highest BCUT2D eigenvalue weighted by Gasteiger charge is 2.47. The van der Waals surface area contributed by atoms with Crippen LogP contribution < -0.4 is 0 Å². The summed E-state index contributed by atoms with van der Waals surface area (Å²) in [5, 5.41) is 0. The molecule has 2 heterocycles. The van der Waals surface area contributed by atoms with E-state index in [1.165, 1.54) is 71.5 Å². The molecule has 18 heavy (non-hydrogen) atoms. The van der Waals surface area contributed by atoms with Crippen LogP contribution in [0.1, 0.15) is 32.6 Å². The molecule has 0 amide bonds. The van der Waals surface area contributed by atoms with Crippen LogP contribution in [-0.4, -0.2) is 73.6 Å². The van der Waals surface area contributed by atoms with Crippen LogP contribution in [-0.2, 0) is 0 Å². The number of hydrogen-bond donors (Lipinski definition) is 0. The van der Waals surface area contributed by atoms with Crippen molar-refractivity contribution >= 4 is 0 Å². The fourth-order valence-electron chi connectivity index (χ4n) is 4.14. The predicted molar refractivity (Wildman–Crippen MR) is 75.9 cm³/mol. The lowest BCUT2D eigenvalue weighted by Crippen LogP contribution is -2.58. The van der Waals surface area contributed by atoms with E-state index in [0.29, 0.717) is 0 Å². The van der Waals surface area contributed by atoms with Crippen molar-refractivity contribution in [2.45, 2.75) is 38.6 Å². The smallest absolute Gasteiger partial charge is 0.0113 e. The normalized spacial score (nSPS) is 31.7. The second kappa shape index (κ2) is 5.10. The van der Waals surface area contributed by atoms with E-state index in [2.05, 4.69) is 28.7 Å². The Morgan fingerprint density at radius 2 is 1.56 bits per heavy atom. The van der Waals surface area contributed by atoms with Gasteiger partial charge in [0.05, 0.1) is 0 Å². The highest BCUT2D eigenvalue weighted by molar-refractivity contribution is 5.01. The predicted octanol–water partition coefficient (Wildman–Crippen LogP) is 1.50. The van der Waals surface area contributed by atoms with E-state index in [1.54, 1.807) is 0 Å². The molecule has 104 valence electrons. The van der Waals surface area contributed by atoms with Gasteiger partial charge in [0.25, 0.3) is 0 Å². The third-order valence-electron chi connectivity index (χ3n) is 5.76. The molecule has 1 saturated carbocycles. The summed E-state index contributed by atoms with van der Waals surface area (Å²) in [5.74, 6) is 0. The third-order valence-corrected chi connectivity index (χ3v) is 5.76. The van der Waals surface area contributed by atoms with Crippen molar-refractivity contribution in [1.82, 2.24) is 14.7 Å². The van der Waals surface area contributed by atoms with E-state index in [1.807, 2.05) is 0 Å². The van der Waals surface area contributed by atoms with Gasteiger partial charge in [0.15, 0.2) is 0 Å². The van der Waals surface area contributed by atoms with Crippen molar-refractivity contribution < 1.29 is 0 Å². The molecule has 1 aliphatic carbocycles. The summed E-state index contributed by atoms with van der Waals surface area (Å²) in [6.45, 7) is 11.4. The molecule has 2 aliphatic heterocycles. The van der Waals surface area contributed by atoms with Crippen molar-refractivity contribution in [1.29, 1.82) is 0 Å². The monoisotopic (exact) mass is 251 g/mol. The Labute approximate surface area is 112 Å². The summed E-state index contributed by atoms with van der Waals surface area (Å²) in [5.41, 5.74) is 0.750. The lowest BCUT2D eigenvalue weighted by molar-refractivity contribution is -0.0528. The second-order valence-electron chi connectivity index (χ2n) is 6.84. The Hall–Kier alpha value is -0.120.